The summed E-state index contributed by atoms with van der Waals surface area (Å²) in [6.07, 6.45) is 2.46. The molecule has 20 heavy (non-hydrogen) atoms. The van der Waals surface area contributed by atoms with Crippen LogP contribution in [-0.2, 0) is 11.2 Å². The van der Waals surface area contributed by atoms with E-state index in [4.69, 9.17) is 0 Å². The number of hydrogen-bond donors (Lipinski definition) is 2. The number of nitrogens with one attached hydrogen (secondary N) is 2. The number of aryl methyl sites for hydroxylation is 1. The van der Waals surface area contributed by atoms with Crippen molar-refractivity contribution in [3.05, 3.63) is 46.2 Å². The van der Waals surface area contributed by atoms with Crippen LogP contribution in [-0.4, -0.2) is 5.91 Å². The van der Waals surface area contributed by atoms with Crippen molar-refractivity contribution in [2.75, 3.05) is 10.6 Å². The van der Waals surface area contributed by atoms with Gasteiger partial charge in [-0.25, -0.2) is 0 Å². The SMILES string of the molecule is CCC(Nc1ccc2c(c1)CCC(=O)N2)c1cccs1. The maximum Gasteiger partial charge on any atom is 0.224 e. The van der Waals surface area contributed by atoms with E-state index in [0.717, 1.165) is 24.2 Å². The van der Waals surface area contributed by atoms with Crippen LogP contribution in [0.2, 0.25) is 0 Å². The van der Waals surface area contributed by atoms with Gasteiger partial charge in [-0.1, -0.05) is 13.0 Å². The second-order valence-electron chi connectivity index (χ2n) is 5.04. The molecule has 0 fully saturated rings. The molecule has 1 amide bonds. The zero-order valence-corrected chi connectivity index (χ0v) is 12.3. The zero-order valence-electron chi connectivity index (χ0n) is 11.5. The van der Waals surface area contributed by atoms with Gasteiger partial charge in [-0.15, -0.1) is 11.3 Å². The van der Waals surface area contributed by atoms with E-state index in [1.807, 2.05) is 12.1 Å². The van der Waals surface area contributed by atoms with Crippen LogP contribution in [0.1, 0.15) is 36.2 Å². The molecule has 104 valence electrons. The molecule has 1 atom stereocenters. The lowest BCUT2D eigenvalue weighted by Gasteiger charge is -2.21. The lowest BCUT2D eigenvalue weighted by atomic mass is 10.0. The molecule has 0 saturated heterocycles. The number of carbonyl (C=O) groups excluding carboxylic acids is 1. The minimum atomic E-state index is 0.114. The predicted octanol–water partition coefficient (Wildman–Crippen LogP) is 4.20. The summed E-state index contributed by atoms with van der Waals surface area (Å²) in [6.45, 7) is 2.19. The average Bonchev–Trinajstić information content (AvgIpc) is 2.99. The average molecular weight is 286 g/mol. The monoisotopic (exact) mass is 286 g/mol. The molecular weight excluding hydrogens is 268 g/mol. The topological polar surface area (TPSA) is 41.1 Å². The first kappa shape index (κ1) is 13.2. The molecule has 3 rings (SSSR count). The highest BCUT2D eigenvalue weighted by Crippen LogP contribution is 2.30. The van der Waals surface area contributed by atoms with Crippen LogP contribution in [0.15, 0.2) is 35.7 Å². The molecule has 1 aliphatic rings. The first-order valence-electron chi connectivity index (χ1n) is 6.99. The lowest BCUT2D eigenvalue weighted by Crippen LogP contribution is -2.19. The normalized spacial score (nSPS) is 15.3. The highest BCUT2D eigenvalue weighted by atomic mass is 32.1. The third-order valence-electron chi connectivity index (χ3n) is 3.64. The second kappa shape index (κ2) is 5.67. The molecule has 1 unspecified atom stereocenters. The molecule has 1 aliphatic heterocycles. The van der Waals surface area contributed by atoms with E-state index in [-0.39, 0.29) is 5.91 Å². The molecule has 1 aromatic carbocycles. The highest BCUT2D eigenvalue weighted by Gasteiger charge is 2.16. The van der Waals surface area contributed by atoms with Gasteiger partial charge in [-0.2, -0.15) is 0 Å². The fourth-order valence-corrected chi connectivity index (χ4v) is 3.40. The summed E-state index contributed by atoms with van der Waals surface area (Å²) in [5.74, 6) is 0.114. The molecule has 4 heteroatoms. The lowest BCUT2D eigenvalue weighted by molar-refractivity contribution is -0.116. The fraction of sp³-hybridized carbons (Fsp3) is 0.312. The second-order valence-corrected chi connectivity index (χ2v) is 6.02. The Balaban J connectivity index is 1.79. The van der Waals surface area contributed by atoms with Crippen molar-refractivity contribution in [2.24, 2.45) is 0 Å². The van der Waals surface area contributed by atoms with Gasteiger partial charge in [0.15, 0.2) is 0 Å². The van der Waals surface area contributed by atoms with Crippen LogP contribution in [0.3, 0.4) is 0 Å². The first-order valence-corrected chi connectivity index (χ1v) is 7.87. The molecule has 2 N–H and O–H groups in total. The van der Waals surface area contributed by atoms with Crippen LogP contribution in [0.5, 0.6) is 0 Å². The number of thiophene rings is 1. The number of carbonyl (C=O) groups is 1. The van der Waals surface area contributed by atoms with E-state index in [2.05, 4.69) is 41.1 Å². The number of amides is 1. The molecule has 0 bridgehead atoms. The van der Waals surface area contributed by atoms with Crippen molar-refractivity contribution in [2.45, 2.75) is 32.2 Å². The minimum absolute atomic E-state index is 0.114. The van der Waals surface area contributed by atoms with Crippen LogP contribution < -0.4 is 10.6 Å². The number of anilines is 2. The van der Waals surface area contributed by atoms with E-state index < -0.39 is 0 Å². The highest BCUT2D eigenvalue weighted by molar-refractivity contribution is 7.10. The quantitative estimate of drug-likeness (QED) is 0.884. The third-order valence-corrected chi connectivity index (χ3v) is 4.62. The van der Waals surface area contributed by atoms with Gasteiger partial charge in [-0.3, -0.25) is 4.79 Å². The van der Waals surface area contributed by atoms with Crippen molar-refractivity contribution in [3.8, 4) is 0 Å². The van der Waals surface area contributed by atoms with Gasteiger partial charge in [0, 0.05) is 22.7 Å². The Bertz CT molecular complexity index is 607. The van der Waals surface area contributed by atoms with E-state index in [1.165, 1.54) is 10.4 Å². The van der Waals surface area contributed by atoms with E-state index in [1.54, 1.807) is 11.3 Å². The molecule has 1 aromatic heterocycles. The van der Waals surface area contributed by atoms with Gasteiger partial charge >= 0.3 is 0 Å². The van der Waals surface area contributed by atoms with Gasteiger partial charge in [0.25, 0.3) is 0 Å². The molecular formula is C16H18N2OS. The van der Waals surface area contributed by atoms with Gasteiger partial charge in [0.05, 0.1) is 6.04 Å². The summed E-state index contributed by atoms with van der Waals surface area (Å²) in [5.41, 5.74) is 3.30. The van der Waals surface area contributed by atoms with E-state index in [0.29, 0.717) is 12.5 Å². The van der Waals surface area contributed by atoms with Crippen molar-refractivity contribution in [3.63, 3.8) is 0 Å². The molecule has 2 heterocycles. The summed E-state index contributed by atoms with van der Waals surface area (Å²) in [4.78, 5) is 12.7. The Labute approximate surface area is 123 Å². The van der Waals surface area contributed by atoms with Crippen LogP contribution in [0.4, 0.5) is 11.4 Å². The third kappa shape index (κ3) is 2.70. The number of hydrogen-bond acceptors (Lipinski definition) is 3. The summed E-state index contributed by atoms with van der Waals surface area (Å²) >= 11 is 1.78. The largest absolute Gasteiger partial charge is 0.377 e. The van der Waals surface area contributed by atoms with E-state index >= 15 is 0 Å². The zero-order chi connectivity index (χ0) is 13.9. The minimum Gasteiger partial charge on any atom is -0.377 e. The van der Waals surface area contributed by atoms with Gasteiger partial charge in [0.2, 0.25) is 5.91 Å². The number of fused-ring (bicyclic) bond motifs is 1. The molecule has 0 spiro atoms. The Morgan fingerprint density at radius 3 is 3.00 bits per heavy atom. The van der Waals surface area contributed by atoms with Crippen LogP contribution in [0, 0.1) is 0 Å². The van der Waals surface area contributed by atoms with Crippen LogP contribution in [0.25, 0.3) is 0 Å². The standard InChI is InChI=1S/C16H18N2OS/c1-2-13(15-4-3-9-20-15)17-12-6-7-14-11(10-12)5-8-16(19)18-14/h3-4,6-7,9-10,13,17H,2,5,8H2,1H3,(H,18,19). The smallest absolute Gasteiger partial charge is 0.224 e. The first-order chi connectivity index (χ1) is 9.76. The van der Waals surface area contributed by atoms with E-state index in [9.17, 15) is 4.79 Å². The van der Waals surface area contributed by atoms with Crippen molar-refractivity contribution in [1.82, 2.24) is 0 Å². The Kier molecular flexibility index (Phi) is 3.74. The maximum absolute atomic E-state index is 11.4. The Hall–Kier alpha value is -1.81. The van der Waals surface area contributed by atoms with Crippen molar-refractivity contribution in [1.29, 1.82) is 0 Å². The fourth-order valence-electron chi connectivity index (χ4n) is 2.54. The van der Waals surface area contributed by atoms with Gasteiger partial charge in [0.1, 0.15) is 0 Å². The van der Waals surface area contributed by atoms with Crippen LogP contribution >= 0.6 is 11.3 Å². The maximum atomic E-state index is 11.4. The molecule has 2 aromatic rings. The molecule has 0 saturated carbocycles. The van der Waals surface area contributed by atoms with Gasteiger partial charge < -0.3 is 10.6 Å². The molecule has 3 nitrogen and oxygen atoms in total. The Morgan fingerprint density at radius 1 is 1.35 bits per heavy atom. The van der Waals surface area contributed by atoms with Crippen molar-refractivity contribution >= 4 is 28.6 Å². The predicted molar refractivity (Wildman–Crippen MR) is 84.4 cm³/mol. The van der Waals surface area contributed by atoms with Crippen molar-refractivity contribution < 1.29 is 4.79 Å². The summed E-state index contributed by atoms with van der Waals surface area (Å²) < 4.78 is 0. The summed E-state index contributed by atoms with van der Waals surface area (Å²) in [7, 11) is 0. The molecule has 0 aliphatic carbocycles. The van der Waals surface area contributed by atoms with Gasteiger partial charge in [-0.05, 0) is 48.1 Å². The number of rotatable bonds is 4. The Morgan fingerprint density at radius 2 is 2.25 bits per heavy atom. The summed E-state index contributed by atoms with van der Waals surface area (Å²) in [6, 6.07) is 10.8. The number of benzene rings is 1. The molecule has 0 radical (unpaired) electrons. The summed E-state index contributed by atoms with van der Waals surface area (Å²) in [5, 5.41) is 8.62.